The van der Waals surface area contributed by atoms with Crippen LogP contribution in [0.4, 0.5) is 10.1 Å². The monoisotopic (exact) mass is 256 g/mol. The van der Waals surface area contributed by atoms with Crippen molar-refractivity contribution < 1.29 is 19.2 Å². The number of rotatable bonds is 4. The van der Waals surface area contributed by atoms with E-state index in [0.29, 0.717) is 0 Å². The predicted octanol–water partition coefficient (Wildman–Crippen LogP) is 1.15. The molecule has 18 heavy (non-hydrogen) atoms. The lowest BCUT2D eigenvalue weighted by atomic mass is 10.1. The van der Waals surface area contributed by atoms with E-state index in [0.717, 1.165) is 12.1 Å². The van der Waals surface area contributed by atoms with E-state index in [4.69, 9.17) is 5.11 Å². The topological polar surface area (TPSA) is 92.5 Å². The number of nitro groups is 1. The maximum atomic E-state index is 13.7. The van der Waals surface area contributed by atoms with Gasteiger partial charge in [-0.25, -0.2) is 4.39 Å². The molecule has 0 fully saturated rings. The van der Waals surface area contributed by atoms with Crippen molar-refractivity contribution in [2.24, 2.45) is 0 Å². The van der Waals surface area contributed by atoms with Crippen molar-refractivity contribution in [3.63, 3.8) is 0 Å². The van der Waals surface area contributed by atoms with E-state index in [-0.39, 0.29) is 17.8 Å². The Bertz CT molecular complexity index is 488. The summed E-state index contributed by atoms with van der Waals surface area (Å²) in [7, 11) is 0. The molecule has 0 aliphatic heterocycles. The minimum atomic E-state index is -0.802. The third kappa shape index (κ3) is 3.24. The van der Waals surface area contributed by atoms with Gasteiger partial charge in [-0.2, -0.15) is 0 Å². The van der Waals surface area contributed by atoms with Gasteiger partial charge >= 0.3 is 0 Å². The molecule has 1 atom stereocenters. The Morgan fingerprint density at radius 1 is 1.61 bits per heavy atom. The lowest BCUT2D eigenvalue weighted by molar-refractivity contribution is -0.385. The number of hydrogen-bond donors (Lipinski definition) is 2. The van der Waals surface area contributed by atoms with Crippen molar-refractivity contribution in [2.75, 3.05) is 6.54 Å². The fourth-order valence-corrected chi connectivity index (χ4v) is 1.36. The molecule has 6 nitrogen and oxygen atoms in total. The van der Waals surface area contributed by atoms with Crippen LogP contribution in [0.25, 0.3) is 0 Å². The number of aliphatic hydroxyl groups is 1. The molecule has 0 unspecified atom stereocenters. The molecule has 7 heteroatoms. The number of halogens is 1. The number of carbonyl (C=O) groups excluding carboxylic acids is 1. The zero-order valence-corrected chi connectivity index (χ0v) is 9.94. The number of benzene rings is 1. The third-order valence-corrected chi connectivity index (χ3v) is 2.25. The molecule has 1 rings (SSSR count). The maximum Gasteiger partial charge on any atom is 0.270 e. The van der Waals surface area contributed by atoms with Gasteiger partial charge < -0.3 is 10.4 Å². The Balaban J connectivity index is 3.07. The van der Waals surface area contributed by atoms with Crippen molar-refractivity contribution in [1.29, 1.82) is 0 Å². The van der Waals surface area contributed by atoms with Crippen LogP contribution < -0.4 is 5.32 Å². The minimum Gasteiger partial charge on any atom is -0.392 e. The molecule has 2 N–H and O–H groups in total. The first kappa shape index (κ1) is 14.0. The van der Waals surface area contributed by atoms with Gasteiger partial charge in [0, 0.05) is 18.7 Å². The van der Waals surface area contributed by atoms with Gasteiger partial charge in [-0.15, -0.1) is 0 Å². The molecular formula is C11H13FN2O4. The SMILES string of the molecule is Cc1cc([N+](=O)[O-])cc(C(=O)NC[C@@H](C)O)c1F. The summed E-state index contributed by atoms with van der Waals surface area (Å²) < 4.78 is 13.7. The highest BCUT2D eigenvalue weighted by atomic mass is 19.1. The highest BCUT2D eigenvalue weighted by Gasteiger charge is 2.19. The Morgan fingerprint density at radius 2 is 2.22 bits per heavy atom. The molecule has 1 amide bonds. The minimum absolute atomic E-state index is 0.0198. The highest BCUT2D eigenvalue weighted by molar-refractivity contribution is 5.95. The Kier molecular flexibility index (Phi) is 4.33. The second kappa shape index (κ2) is 5.54. The molecular weight excluding hydrogens is 243 g/mol. The van der Waals surface area contributed by atoms with Crippen LogP contribution in [0.3, 0.4) is 0 Å². The second-order valence-corrected chi connectivity index (χ2v) is 3.94. The lowest BCUT2D eigenvalue weighted by Crippen LogP contribution is -2.31. The van der Waals surface area contributed by atoms with E-state index in [2.05, 4.69) is 5.32 Å². The molecule has 0 heterocycles. The summed E-state index contributed by atoms with van der Waals surface area (Å²) >= 11 is 0. The second-order valence-electron chi connectivity index (χ2n) is 3.94. The smallest absolute Gasteiger partial charge is 0.270 e. The van der Waals surface area contributed by atoms with Crippen molar-refractivity contribution in [3.8, 4) is 0 Å². The molecule has 0 spiro atoms. The van der Waals surface area contributed by atoms with E-state index in [1.54, 1.807) is 0 Å². The van der Waals surface area contributed by atoms with Crippen LogP contribution in [0.1, 0.15) is 22.8 Å². The van der Waals surface area contributed by atoms with Gasteiger partial charge in [-0.05, 0) is 19.4 Å². The number of nitrogens with one attached hydrogen (secondary N) is 1. The van der Waals surface area contributed by atoms with Gasteiger partial charge in [-0.1, -0.05) is 0 Å². The average molecular weight is 256 g/mol. The number of hydrogen-bond acceptors (Lipinski definition) is 4. The van der Waals surface area contributed by atoms with E-state index >= 15 is 0 Å². The normalized spacial score (nSPS) is 12.0. The van der Waals surface area contributed by atoms with E-state index < -0.39 is 28.3 Å². The van der Waals surface area contributed by atoms with Crippen LogP contribution in [-0.4, -0.2) is 28.6 Å². The Morgan fingerprint density at radius 3 is 2.72 bits per heavy atom. The van der Waals surface area contributed by atoms with Crippen molar-refractivity contribution >= 4 is 11.6 Å². The zero-order valence-electron chi connectivity index (χ0n) is 9.94. The van der Waals surface area contributed by atoms with Gasteiger partial charge in [0.05, 0.1) is 16.6 Å². The first-order valence-electron chi connectivity index (χ1n) is 5.23. The summed E-state index contributed by atoms with van der Waals surface area (Å²) in [6.07, 6.45) is -0.781. The highest BCUT2D eigenvalue weighted by Crippen LogP contribution is 2.20. The lowest BCUT2D eigenvalue weighted by Gasteiger charge is -2.09. The van der Waals surface area contributed by atoms with Crippen LogP contribution in [-0.2, 0) is 0 Å². The van der Waals surface area contributed by atoms with Crippen molar-refractivity contribution in [3.05, 3.63) is 39.2 Å². The van der Waals surface area contributed by atoms with Crippen LogP contribution in [0.5, 0.6) is 0 Å². The Labute approximate surface area is 103 Å². The molecule has 98 valence electrons. The fourth-order valence-electron chi connectivity index (χ4n) is 1.36. The summed E-state index contributed by atoms with van der Waals surface area (Å²) in [5.74, 6) is -1.59. The van der Waals surface area contributed by atoms with E-state index in [9.17, 15) is 19.3 Å². The molecule has 1 aromatic carbocycles. The molecule has 0 saturated heterocycles. The van der Waals surface area contributed by atoms with Crippen LogP contribution in [0.15, 0.2) is 12.1 Å². The molecule has 0 saturated carbocycles. The number of non-ortho nitro benzene ring substituents is 1. The van der Waals surface area contributed by atoms with Gasteiger partial charge in [0.15, 0.2) is 0 Å². The predicted molar refractivity (Wildman–Crippen MR) is 61.8 cm³/mol. The molecule has 0 radical (unpaired) electrons. The number of aliphatic hydroxyl groups excluding tert-OH is 1. The van der Waals surface area contributed by atoms with Gasteiger partial charge in [0.25, 0.3) is 11.6 Å². The zero-order chi connectivity index (χ0) is 13.9. The number of nitro benzene ring substituents is 1. The summed E-state index contributed by atoms with van der Waals surface area (Å²) in [5, 5.41) is 21.9. The molecule has 0 aliphatic carbocycles. The van der Waals surface area contributed by atoms with Crippen molar-refractivity contribution in [2.45, 2.75) is 20.0 Å². The standard InChI is InChI=1S/C11H13FN2O4/c1-6-3-8(14(17)18)4-9(10(6)12)11(16)13-5-7(2)15/h3-4,7,15H,5H2,1-2H3,(H,13,16)/t7-/m1/s1. The van der Waals surface area contributed by atoms with E-state index in [1.165, 1.54) is 13.8 Å². The number of nitrogens with zero attached hydrogens (tertiary/aromatic N) is 1. The average Bonchev–Trinajstić information content (AvgIpc) is 2.29. The van der Waals surface area contributed by atoms with Gasteiger partial charge in [0.2, 0.25) is 0 Å². The summed E-state index contributed by atoms with van der Waals surface area (Å²) in [6.45, 7) is 2.74. The summed E-state index contributed by atoms with van der Waals surface area (Å²) in [4.78, 5) is 21.5. The fraction of sp³-hybridized carbons (Fsp3) is 0.364. The molecule has 0 aromatic heterocycles. The largest absolute Gasteiger partial charge is 0.392 e. The van der Waals surface area contributed by atoms with E-state index in [1.807, 2.05) is 0 Å². The maximum absolute atomic E-state index is 13.7. The van der Waals surface area contributed by atoms with Gasteiger partial charge in [-0.3, -0.25) is 14.9 Å². The summed E-state index contributed by atoms with van der Waals surface area (Å²) in [6, 6.07) is 1.93. The number of aryl methyl sites for hydroxylation is 1. The summed E-state index contributed by atoms with van der Waals surface area (Å²) in [5.41, 5.74) is -0.732. The van der Waals surface area contributed by atoms with Crippen LogP contribution >= 0.6 is 0 Å². The van der Waals surface area contributed by atoms with Crippen molar-refractivity contribution in [1.82, 2.24) is 5.32 Å². The Hall–Kier alpha value is -2.02. The van der Waals surface area contributed by atoms with Gasteiger partial charge in [0.1, 0.15) is 5.82 Å². The first-order chi connectivity index (χ1) is 8.32. The first-order valence-corrected chi connectivity index (χ1v) is 5.23. The van der Waals surface area contributed by atoms with Crippen LogP contribution in [0, 0.1) is 22.9 Å². The number of carbonyl (C=O) groups is 1. The quantitative estimate of drug-likeness (QED) is 0.624. The third-order valence-electron chi connectivity index (χ3n) is 2.25. The molecule has 0 aliphatic rings. The molecule has 1 aromatic rings. The van der Waals surface area contributed by atoms with Crippen LogP contribution in [0.2, 0.25) is 0 Å². The number of amides is 1. The molecule has 0 bridgehead atoms.